The van der Waals surface area contributed by atoms with Crippen LogP contribution in [0.1, 0.15) is 91.0 Å². The number of hydrogen-bond donors (Lipinski definition) is 2. The summed E-state index contributed by atoms with van der Waals surface area (Å²) in [6.45, 7) is 11.4. The molecule has 2 saturated heterocycles. The lowest BCUT2D eigenvalue weighted by molar-refractivity contribution is 0.0164. The number of aromatic nitrogens is 4. The average Bonchev–Trinajstić information content (AvgIpc) is 3.56. The van der Waals surface area contributed by atoms with Crippen molar-refractivity contribution in [1.82, 2.24) is 29.7 Å². The molecule has 44 heavy (non-hydrogen) atoms. The van der Waals surface area contributed by atoms with Crippen molar-refractivity contribution in [1.29, 1.82) is 0 Å². The molecule has 0 spiro atoms. The van der Waals surface area contributed by atoms with Gasteiger partial charge in [-0.15, -0.1) is 0 Å². The second-order valence-corrected chi connectivity index (χ2v) is 15.1. The van der Waals surface area contributed by atoms with Gasteiger partial charge in [0, 0.05) is 23.0 Å². The summed E-state index contributed by atoms with van der Waals surface area (Å²) in [5, 5.41) is 2.12. The number of benzene rings is 2. The Bertz CT molecular complexity index is 1810. The van der Waals surface area contributed by atoms with E-state index in [4.69, 9.17) is 19.4 Å². The van der Waals surface area contributed by atoms with Crippen molar-refractivity contribution in [3.63, 3.8) is 0 Å². The summed E-state index contributed by atoms with van der Waals surface area (Å²) in [6.07, 6.45) is 5.22. The minimum atomic E-state index is -0.541. The van der Waals surface area contributed by atoms with Crippen LogP contribution < -0.4 is 0 Å². The maximum atomic E-state index is 13.1. The van der Waals surface area contributed by atoms with E-state index in [9.17, 15) is 9.59 Å². The van der Waals surface area contributed by atoms with Crippen LogP contribution in [0.4, 0.5) is 9.59 Å². The number of H-pyrrole nitrogens is 2. The van der Waals surface area contributed by atoms with Crippen LogP contribution in [0, 0.1) is 11.8 Å². The molecule has 2 aliphatic carbocycles. The quantitative estimate of drug-likeness (QED) is 0.257. The Kier molecular flexibility index (Phi) is 5.75. The van der Waals surface area contributed by atoms with E-state index in [1.165, 1.54) is 0 Å². The zero-order valence-electron chi connectivity index (χ0n) is 26.2. The molecular weight excluding hydrogens is 556 g/mol. The monoisotopic (exact) mass is 596 g/mol. The summed E-state index contributed by atoms with van der Waals surface area (Å²) >= 11 is 0. The Hall–Kier alpha value is -4.08. The number of rotatable bonds is 3. The molecule has 4 heterocycles. The molecule has 0 bridgehead atoms. The lowest BCUT2D eigenvalue weighted by Gasteiger charge is -2.29. The molecule has 4 aliphatic rings. The van der Waals surface area contributed by atoms with Crippen LogP contribution in [-0.4, -0.2) is 65.2 Å². The summed E-state index contributed by atoms with van der Waals surface area (Å²) < 4.78 is 11.5. The Labute approximate surface area is 256 Å². The van der Waals surface area contributed by atoms with E-state index < -0.39 is 11.2 Å². The number of likely N-dealkylation sites (tertiary alicyclic amines) is 2. The predicted octanol–water partition coefficient (Wildman–Crippen LogP) is 7.25. The number of aromatic amines is 2. The number of carbonyl (C=O) groups is 2. The van der Waals surface area contributed by atoms with Gasteiger partial charge in [-0.2, -0.15) is 0 Å². The lowest BCUT2D eigenvalue weighted by Crippen LogP contribution is -2.38. The highest BCUT2D eigenvalue weighted by atomic mass is 16.6. The molecule has 0 unspecified atom stereocenters. The van der Waals surface area contributed by atoms with Crippen LogP contribution in [0.3, 0.4) is 0 Å². The number of nitrogens with zero attached hydrogens (tertiary/aromatic N) is 4. The largest absolute Gasteiger partial charge is 0.444 e. The zero-order valence-corrected chi connectivity index (χ0v) is 26.2. The fraction of sp³-hybridized carbons (Fsp3) is 0.529. The number of imidazole rings is 2. The van der Waals surface area contributed by atoms with Crippen molar-refractivity contribution in [2.75, 3.05) is 0 Å². The minimum Gasteiger partial charge on any atom is -0.444 e. The highest BCUT2D eigenvalue weighted by Gasteiger charge is 2.57. The van der Waals surface area contributed by atoms with Crippen LogP contribution in [-0.2, 0) is 9.47 Å². The van der Waals surface area contributed by atoms with Crippen molar-refractivity contribution < 1.29 is 19.1 Å². The van der Waals surface area contributed by atoms with Crippen LogP contribution in [0.15, 0.2) is 36.5 Å². The van der Waals surface area contributed by atoms with Gasteiger partial charge >= 0.3 is 12.2 Å². The summed E-state index contributed by atoms with van der Waals surface area (Å²) in [6, 6.07) is 10.8. The average molecular weight is 597 g/mol. The molecular formula is C34H40N6O4. The fourth-order valence-corrected chi connectivity index (χ4v) is 7.35. The number of hydrogen-bond acceptors (Lipinski definition) is 6. The molecule has 2 aromatic carbocycles. The van der Waals surface area contributed by atoms with Gasteiger partial charge in [-0.25, -0.2) is 19.6 Å². The maximum Gasteiger partial charge on any atom is 0.411 e. The van der Waals surface area contributed by atoms with Gasteiger partial charge in [0.25, 0.3) is 0 Å². The predicted molar refractivity (Wildman–Crippen MR) is 166 cm³/mol. The van der Waals surface area contributed by atoms with Gasteiger partial charge in [0.15, 0.2) is 0 Å². The molecule has 2 amide bonds. The standard InChI is InChI=1S/C34H40N6O4/c1-33(2,3)43-31(41)39-24-12-19(24)14-26(39)29-35-16-23(37-29)18-7-9-21-17(11-18)8-10-22-28(21)38-30(36-22)27-15-20-13-25(20)40(27)32(42)44-34(4,5)6/h7-11,16,19-20,24-27H,12-15H2,1-6H3,(H,35,37)(H,36,38)/t19-,20-,24-,25-,26+,27+/m1/s1. The van der Waals surface area contributed by atoms with Crippen LogP contribution >= 0.6 is 0 Å². The second-order valence-electron chi connectivity index (χ2n) is 15.1. The van der Waals surface area contributed by atoms with Crippen LogP contribution in [0.2, 0.25) is 0 Å². The van der Waals surface area contributed by atoms with Crippen LogP contribution in [0.25, 0.3) is 33.1 Å². The normalized spacial score (nSPS) is 27.5. The van der Waals surface area contributed by atoms with Gasteiger partial charge in [0.2, 0.25) is 0 Å². The van der Waals surface area contributed by atoms with E-state index >= 15 is 0 Å². The third kappa shape index (κ3) is 4.70. The molecule has 4 fully saturated rings. The van der Waals surface area contributed by atoms with Gasteiger partial charge < -0.3 is 19.4 Å². The second kappa shape index (κ2) is 9.22. The molecule has 230 valence electrons. The molecule has 8 rings (SSSR count). The number of amides is 2. The van der Waals surface area contributed by atoms with Gasteiger partial charge in [0.1, 0.15) is 22.9 Å². The molecule has 0 radical (unpaired) electrons. The van der Waals surface area contributed by atoms with Crippen molar-refractivity contribution in [3.05, 3.63) is 48.2 Å². The molecule has 2 saturated carbocycles. The molecule has 6 atom stereocenters. The maximum absolute atomic E-state index is 13.1. The molecule has 2 aromatic heterocycles. The molecule has 4 aromatic rings. The number of carbonyl (C=O) groups excluding carboxylic acids is 2. The molecule has 10 heteroatoms. The third-order valence-electron chi connectivity index (χ3n) is 9.44. The summed E-state index contributed by atoms with van der Waals surface area (Å²) in [4.78, 5) is 46.8. The first-order valence-electron chi connectivity index (χ1n) is 15.8. The Balaban J connectivity index is 1.06. The molecule has 10 nitrogen and oxygen atoms in total. The van der Waals surface area contributed by atoms with E-state index in [1.54, 1.807) is 0 Å². The number of fused-ring (bicyclic) bond motifs is 5. The fourth-order valence-electron chi connectivity index (χ4n) is 7.35. The first-order valence-corrected chi connectivity index (χ1v) is 15.8. The van der Waals surface area contributed by atoms with Crippen molar-refractivity contribution in [2.24, 2.45) is 11.8 Å². The number of piperidine rings is 2. The van der Waals surface area contributed by atoms with Gasteiger partial charge in [0.05, 0.1) is 35.0 Å². The minimum absolute atomic E-state index is 0.105. The van der Waals surface area contributed by atoms with E-state index in [-0.39, 0.29) is 36.4 Å². The molecule has 2 N–H and O–H groups in total. The summed E-state index contributed by atoms with van der Waals surface area (Å²) in [7, 11) is 0. The smallest absolute Gasteiger partial charge is 0.411 e. The van der Waals surface area contributed by atoms with Crippen molar-refractivity contribution in [3.8, 4) is 11.3 Å². The van der Waals surface area contributed by atoms with Crippen molar-refractivity contribution in [2.45, 2.75) is 103 Å². The first-order chi connectivity index (χ1) is 20.8. The third-order valence-corrected chi connectivity index (χ3v) is 9.44. The van der Waals surface area contributed by atoms with Gasteiger partial charge in [-0.1, -0.05) is 18.2 Å². The molecule has 2 aliphatic heterocycles. The first kappa shape index (κ1) is 27.5. The zero-order chi connectivity index (χ0) is 30.7. The number of ether oxygens (including phenoxy) is 2. The number of nitrogens with one attached hydrogen (secondary N) is 2. The highest BCUT2D eigenvalue weighted by Crippen LogP contribution is 2.54. The Morgan fingerprint density at radius 3 is 2.02 bits per heavy atom. The lowest BCUT2D eigenvalue weighted by atomic mass is 10.0. The van der Waals surface area contributed by atoms with E-state index in [0.717, 1.165) is 70.4 Å². The Morgan fingerprint density at radius 2 is 1.41 bits per heavy atom. The SMILES string of the molecule is CC(C)(C)OC(=O)N1[C@@H]2C[C@@H]2C[C@H]1c1ncc(-c2ccc3c(ccc4[nH]c([C@@H]5C[C@H]6C[C@H]6N5C(=O)OC(C)(C)C)nc43)c2)[nH]1. The van der Waals surface area contributed by atoms with E-state index in [1.807, 2.05) is 57.5 Å². The topological polar surface area (TPSA) is 116 Å². The highest BCUT2D eigenvalue weighted by molar-refractivity contribution is 6.05. The van der Waals surface area contributed by atoms with E-state index in [2.05, 4.69) is 40.3 Å². The Morgan fingerprint density at radius 1 is 0.795 bits per heavy atom. The van der Waals surface area contributed by atoms with Gasteiger partial charge in [-0.3, -0.25) is 9.80 Å². The summed E-state index contributed by atoms with van der Waals surface area (Å²) in [5.74, 6) is 2.66. The van der Waals surface area contributed by atoms with Crippen LogP contribution in [0.5, 0.6) is 0 Å². The summed E-state index contributed by atoms with van der Waals surface area (Å²) in [5.41, 5.74) is 2.70. The van der Waals surface area contributed by atoms with Crippen molar-refractivity contribution >= 4 is 34.0 Å². The van der Waals surface area contributed by atoms with Gasteiger partial charge in [-0.05, 0) is 96.6 Å². The van der Waals surface area contributed by atoms with E-state index in [0.29, 0.717) is 11.8 Å².